The first-order valence-electron chi connectivity index (χ1n) is 5.87. The molecule has 0 aromatic heterocycles. The molecule has 0 bridgehead atoms. The van der Waals surface area contributed by atoms with E-state index < -0.39 is 5.97 Å². The number of carbonyl (C=O) groups is 1. The van der Waals surface area contributed by atoms with Gasteiger partial charge in [0.15, 0.2) is 0 Å². The number of hydrogen-bond donors (Lipinski definition) is 1. The largest absolute Gasteiger partial charge is 0.478 e. The van der Waals surface area contributed by atoms with E-state index in [0.29, 0.717) is 12.5 Å². The highest BCUT2D eigenvalue weighted by atomic mass is 16.5. The third-order valence-electron chi connectivity index (χ3n) is 2.93. The molecule has 4 heteroatoms. The maximum absolute atomic E-state index is 10.9. The Morgan fingerprint density at radius 2 is 1.95 bits per heavy atom. The van der Waals surface area contributed by atoms with Crippen molar-refractivity contribution < 1.29 is 14.6 Å². The summed E-state index contributed by atoms with van der Waals surface area (Å²) in [5.41, 5.74) is 2.71. The average Bonchev–Trinajstić information content (AvgIpc) is 2.47. The molecule has 1 N–H and O–H groups in total. The summed E-state index contributed by atoms with van der Waals surface area (Å²) < 4.78 is 5.58. The zero-order valence-corrected chi connectivity index (χ0v) is 10.0. The predicted molar refractivity (Wildman–Crippen MR) is 70.8 cm³/mol. The van der Waals surface area contributed by atoms with Gasteiger partial charge in [-0.05, 0) is 30.3 Å². The minimum Gasteiger partial charge on any atom is -0.478 e. The van der Waals surface area contributed by atoms with Crippen LogP contribution >= 0.6 is 0 Å². The van der Waals surface area contributed by atoms with Gasteiger partial charge in [-0.1, -0.05) is 18.2 Å². The van der Waals surface area contributed by atoms with Gasteiger partial charge in [-0.25, -0.2) is 9.79 Å². The zero-order chi connectivity index (χ0) is 13.2. The number of nitrogens with zero attached hydrogens (tertiary/aromatic N) is 1. The Morgan fingerprint density at radius 1 is 1.16 bits per heavy atom. The fraction of sp³-hybridized carbons (Fsp3) is 0.0667. The van der Waals surface area contributed by atoms with Crippen molar-refractivity contribution in [3.8, 4) is 0 Å². The van der Waals surface area contributed by atoms with Gasteiger partial charge in [0, 0.05) is 11.1 Å². The minimum atomic E-state index is -0.944. The highest BCUT2D eigenvalue weighted by Crippen LogP contribution is 2.27. The van der Waals surface area contributed by atoms with Crippen molar-refractivity contribution >= 4 is 17.6 Å². The summed E-state index contributed by atoms with van der Waals surface area (Å²) in [5, 5.41) is 8.94. The molecule has 0 radical (unpaired) electrons. The minimum absolute atomic E-state index is 0.251. The molecule has 0 fully saturated rings. The number of aromatic carboxylic acids is 1. The molecule has 1 aliphatic heterocycles. The number of ether oxygens (including phenoxy) is 1. The highest BCUT2D eigenvalue weighted by Gasteiger charge is 2.16. The lowest BCUT2D eigenvalue weighted by Crippen LogP contribution is -2.11. The average molecular weight is 253 g/mol. The van der Waals surface area contributed by atoms with Gasteiger partial charge in [-0.15, -0.1) is 0 Å². The highest BCUT2D eigenvalue weighted by molar-refractivity contribution is 5.97. The van der Waals surface area contributed by atoms with E-state index in [2.05, 4.69) is 4.99 Å². The Hall–Kier alpha value is -2.62. The quantitative estimate of drug-likeness (QED) is 0.895. The number of carboxylic acid groups (broad SMARTS) is 1. The Labute approximate surface area is 110 Å². The van der Waals surface area contributed by atoms with Gasteiger partial charge in [-0.3, -0.25) is 0 Å². The lowest BCUT2D eigenvalue weighted by Gasteiger charge is -2.17. The lowest BCUT2D eigenvalue weighted by atomic mass is 10.1. The van der Waals surface area contributed by atoms with Crippen molar-refractivity contribution in [2.24, 2.45) is 4.99 Å². The van der Waals surface area contributed by atoms with Crippen LogP contribution in [0.4, 0.5) is 5.69 Å². The Balaban J connectivity index is 2.00. The maximum Gasteiger partial charge on any atom is 0.335 e. The van der Waals surface area contributed by atoms with Crippen molar-refractivity contribution in [1.82, 2.24) is 0 Å². The Bertz CT molecular complexity index is 662. The Morgan fingerprint density at radius 3 is 2.68 bits per heavy atom. The monoisotopic (exact) mass is 253 g/mol. The van der Waals surface area contributed by atoms with E-state index in [1.165, 1.54) is 0 Å². The smallest absolute Gasteiger partial charge is 0.335 e. The van der Waals surface area contributed by atoms with Gasteiger partial charge in [0.25, 0.3) is 0 Å². The summed E-state index contributed by atoms with van der Waals surface area (Å²) >= 11 is 0. The normalized spacial score (nSPS) is 13.2. The first-order chi connectivity index (χ1) is 9.24. The fourth-order valence-corrected chi connectivity index (χ4v) is 1.96. The summed E-state index contributed by atoms with van der Waals surface area (Å²) in [6.45, 7) is 0.337. The molecule has 3 rings (SSSR count). The van der Waals surface area contributed by atoms with Crippen LogP contribution in [0.5, 0.6) is 0 Å². The number of rotatable bonds is 2. The third kappa shape index (κ3) is 2.20. The van der Waals surface area contributed by atoms with Crippen LogP contribution in [-0.4, -0.2) is 17.0 Å². The van der Waals surface area contributed by atoms with Crippen LogP contribution in [0.2, 0.25) is 0 Å². The summed E-state index contributed by atoms with van der Waals surface area (Å²) in [7, 11) is 0. The number of benzene rings is 2. The van der Waals surface area contributed by atoms with Crippen molar-refractivity contribution in [2.45, 2.75) is 6.61 Å². The molecule has 0 unspecified atom stereocenters. The molecule has 94 valence electrons. The van der Waals surface area contributed by atoms with Crippen molar-refractivity contribution in [1.29, 1.82) is 0 Å². The van der Waals surface area contributed by atoms with E-state index in [9.17, 15) is 4.79 Å². The Kier molecular flexibility index (Phi) is 2.76. The molecular formula is C15H11NO3. The van der Waals surface area contributed by atoms with E-state index >= 15 is 0 Å². The maximum atomic E-state index is 10.9. The second-order valence-corrected chi connectivity index (χ2v) is 4.22. The first kappa shape index (κ1) is 11.5. The third-order valence-corrected chi connectivity index (χ3v) is 2.93. The molecule has 19 heavy (non-hydrogen) atoms. The van der Waals surface area contributed by atoms with E-state index in [1.807, 2.05) is 30.3 Å². The van der Waals surface area contributed by atoms with Gasteiger partial charge >= 0.3 is 5.97 Å². The fourth-order valence-electron chi connectivity index (χ4n) is 1.96. The zero-order valence-electron chi connectivity index (χ0n) is 10.0. The lowest BCUT2D eigenvalue weighted by molar-refractivity contribution is 0.0696. The molecule has 2 aromatic carbocycles. The summed E-state index contributed by atoms with van der Waals surface area (Å²) in [6, 6.07) is 14.5. The second kappa shape index (κ2) is 4.57. The molecule has 0 spiro atoms. The van der Waals surface area contributed by atoms with E-state index in [4.69, 9.17) is 9.84 Å². The molecule has 0 amide bonds. The first-order valence-corrected chi connectivity index (χ1v) is 5.87. The molecule has 4 nitrogen and oxygen atoms in total. The topological polar surface area (TPSA) is 58.9 Å². The van der Waals surface area contributed by atoms with Crippen LogP contribution < -0.4 is 0 Å². The van der Waals surface area contributed by atoms with Crippen LogP contribution in [0.25, 0.3) is 0 Å². The molecule has 0 atom stereocenters. The van der Waals surface area contributed by atoms with Crippen LogP contribution in [0, 0.1) is 0 Å². The summed E-state index contributed by atoms with van der Waals surface area (Å²) in [5.74, 6) is -0.378. The molecule has 0 saturated heterocycles. The number of carboxylic acids is 1. The van der Waals surface area contributed by atoms with Crippen molar-refractivity contribution in [3.63, 3.8) is 0 Å². The van der Waals surface area contributed by atoms with Gasteiger partial charge in [0.2, 0.25) is 5.90 Å². The molecule has 1 heterocycles. The summed E-state index contributed by atoms with van der Waals surface area (Å²) in [4.78, 5) is 15.3. The van der Waals surface area contributed by atoms with E-state index in [-0.39, 0.29) is 5.56 Å². The molecule has 0 saturated carbocycles. The van der Waals surface area contributed by atoms with Crippen molar-refractivity contribution in [3.05, 3.63) is 65.2 Å². The SMILES string of the molecule is O=C(O)c1ccc2c(c1)COC(c1ccccc1)=N2. The molecule has 0 aliphatic carbocycles. The second-order valence-electron chi connectivity index (χ2n) is 4.22. The van der Waals surface area contributed by atoms with Gasteiger partial charge in [-0.2, -0.15) is 0 Å². The van der Waals surface area contributed by atoms with E-state index in [0.717, 1.165) is 16.8 Å². The molecular weight excluding hydrogens is 242 g/mol. The number of hydrogen-bond acceptors (Lipinski definition) is 3. The van der Waals surface area contributed by atoms with Crippen LogP contribution in [0.3, 0.4) is 0 Å². The van der Waals surface area contributed by atoms with E-state index in [1.54, 1.807) is 18.2 Å². The predicted octanol–water partition coefficient (Wildman–Crippen LogP) is 2.99. The number of fused-ring (bicyclic) bond motifs is 1. The van der Waals surface area contributed by atoms with Gasteiger partial charge < -0.3 is 9.84 Å². The molecule has 2 aromatic rings. The standard InChI is InChI=1S/C15H11NO3/c17-15(18)11-6-7-13-12(8-11)9-19-14(16-13)10-4-2-1-3-5-10/h1-8H,9H2,(H,17,18). The molecule has 1 aliphatic rings. The van der Waals surface area contributed by atoms with Crippen LogP contribution in [0.1, 0.15) is 21.5 Å². The van der Waals surface area contributed by atoms with Crippen molar-refractivity contribution in [2.75, 3.05) is 0 Å². The van der Waals surface area contributed by atoms with Gasteiger partial charge in [0.1, 0.15) is 6.61 Å². The van der Waals surface area contributed by atoms with Gasteiger partial charge in [0.05, 0.1) is 11.3 Å². The van der Waals surface area contributed by atoms with Crippen LogP contribution in [0.15, 0.2) is 53.5 Å². The van der Waals surface area contributed by atoms with Crippen LogP contribution in [-0.2, 0) is 11.3 Å². The summed E-state index contributed by atoms with van der Waals surface area (Å²) in [6.07, 6.45) is 0. The number of aliphatic imine (C=N–C) groups is 1.